The van der Waals surface area contributed by atoms with Gasteiger partial charge in [-0.2, -0.15) is 13.2 Å². The van der Waals surface area contributed by atoms with Gasteiger partial charge in [0.05, 0.1) is 5.56 Å². The Morgan fingerprint density at radius 2 is 1.64 bits per heavy atom. The van der Waals surface area contributed by atoms with Crippen LogP contribution in [-0.2, 0) is 12.6 Å². The van der Waals surface area contributed by atoms with Crippen molar-refractivity contribution in [2.24, 2.45) is 5.92 Å². The second-order valence-electron chi connectivity index (χ2n) is 7.92. The molecule has 0 bridgehead atoms. The van der Waals surface area contributed by atoms with Crippen LogP contribution < -0.4 is 4.74 Å². The molecule has 1 saturated heterocycles. The molecular weight excluding hydrogens is 363 g/mol. The molecule has 4 rings (SSSR count). The maximum Gasteiger partial charge on any atom is 0.416 e. The van der Waals surface area contributed by atoms with Gasteiger partial charge in [0.2, 0.25) is 0 Å². The molecular formula is C23H26F3NO. The molecule has 0 saturated carbocycles. The Morgan fingerprint density at radius 1 is 0.929 bits per heavy atom. The largest absolute Gasteiger partial charge is 0.485 e. The Hall–Kier alpha value is -2.01. The molecule has 2 aromatic rings. The number of fused-ring (bicyclic) bond motifs is 1. The van der Waals surface area contributed by atoms with E-state index >= 15 is 0 Å². The van der Waals surface area contributed by atoms with Gasteiger partial charge in [-0.05, 0) is 74.2 Å². The number of piperidine rings is 1. The second kappa shape index (κ2) is 8.16. The van der Waals surface area contributed by atoms with Crippen LogP contribution in [0.15, 0.2) is 48.5 Å². The van der Waals surface area contributed by atoms with Crippen LogP contribution in [0.3, 0.4) is 0 Å². The van der Waals surface area contributed by atoms with Crippen molar-refractivity contribution in [2.75, 3.05) is 19.6 Å². The summed E-state index contributed by atoms with van der Waals surface area (Å²) in [5, 5.41) is 0. The van der Waals surface area contributed by atoms with Crippen LogP contribution in [0.5, 0.6) is 5.75 Å². The molecule has 0 amide bonds. The van der Waals surface area contributed by atoms with E-state index in [1.165, 1.54) is 42.5 Å². The number of hydrogen-bond donors (Lipinski definition) is 0. The SMILES string of the molecule is FC(F)(F)c1ccc(O[C@@H]2c3ccccc3CC[C@H]2CN2CCCCC2)cc1. The number of hydrogen-bond acceptors (Lipinski definition) is 2. The number of aryl methyl sites for hydroxylation is 1. The van der Waals surface area contributed by atoms with E-state index in [1.54, 1.807) is 0 Å². The fraction of sp³-hybridized carbons (Fsp3) is 0.478. The highest BCUT2D eigenvalue weighted by molar-refractivity contribution is 5.35. The third-order valence-electron chi connectivity index (χ3n) is 5.96. The molecule has 2 aromatic carbocycles. The summed E-state index contributed by atoms with van der Waals surface area (Å²) in [5.41, 5.74) is 1.82. The molecule has 150 valence electrons. The minimum absolute atomic E-state index is 0.122. The number of rotatable bonds is 4. The van der Waals surface area contributed by atoms with E-state index in [2.05, 4.69) is 17.0 Å². The molecule has 0 N–H and O–H groups in total. The monoisotopic (exact) mass is 389 g/mol. The highest BCUT2D eigenvalue weighted by atomic mass is 19.4. The van der Waals surface area contributed by atoms with Crippen molar-refractivity contribution in [3.05, 3.63) is 65.2 Å². The smallest absolute Gasteiger partial charge is 0.416 e. The van der Waals surface area contributed by atoms with E-state index in [0.717, 1.165) is 44.6 Å². The predicted octanol–water partition coefficient (Wildman–Crippen LogP) is 5.87. The van der Waals surface area contributed by atoms with Crippen LogP contribution >= 0.6 is 0 Å². The average molecular weight is 389 g/mol. The maximum absolute atomic E-state index is 12.9. The van der Waals surface area contributed by atoms with Crippen molar-refractivity contribution in [3.8, 4) is 5.75 Å². The van der Waals surface area contributed by atoms with Crippen molar-refractivity contribution >= 4 is 0 Å². The third kappa shape index (κ3) is 4.35. The van der Waals surface area contributed by atoms with Crippen molar-refractivity contribution < 1.29 is 17.9 Å². The molecule has 0 aromatic heterocycles. The van der Waals surface area contributed by atoms with Crippen LogP contribution in [0.1, 0.15) is 48.5 Å². The van der Waals surface area contributed by atoms with E-state index in [-0.39, 0.29) is 6.10 Å². The van der Waals surface area contributed by atoms with Crippen LogP contribution in [0.25, 0.3) is 0 Å². The molecule has 2 atom stereocenters. The lowest BCUT2D eigenvalue weighted by molar-refractivity contribution is -0.137. The first-order chi connectivity index (χ1) is 13.5. The van der Waals surface area contributed by atoms with Gasteiger partial charge in [-0.15, -0.1) is 0 Å². The van der Waals surface area contributed by atoms with Crippen molar-refractivity contribution in [2.45, 2.75) is 44.4 Å². The molecule has 0 spiro atoms. The first kappa shape index (κ1) is 19.3. The molecule has 1 heterocycles. The number of ether oxygens (including phenoxy) is 1. The molecule has 0 unspecified atom stereocenters. The summed E-state index contributed by atoms with van der Waals surface area (Å²) in [7, 11) is 0. The number of halogens is 3. The second-order valence-corrected chi connectivity index (χ2v) is 7.92. The number of benzene rings is 2. The van der Waals surface area contributed by atoms with Crippen molar-refractivity contribution in [3.63, 3.8) is 0 Å². The van der Waals surface area contributed by atoms with E-state index in [9.17, 15) is 13.2 Å². The average Bonchev–Trinajstić information content (AvgIpc) is 2.70. The standard InChI is InChI=1S/C23H26F3NO/c24-23(25,26)19-10-12-20(13-11-19)28-22-18(16-27-14-4-1-5-15-27)9-8-17-6-2-3-7-21(17)22/h2-3,6-7,10-13,18,22H,1,4-5,8-9,14-16H2/t18-,22-/m0/s1. The molecule has 1 aliphatic carbocycles. The lowest BCUT2D eigenvalue weighted by Crippen LogP contribution is -2.39. The van der Waals surface area contributed by atoms with Crippen LogP contribution in [0.2, 0.25) is 0 Å². The quantitative estimate of drug-likeness (QED) is 0.648. The fourth-order valence-corrected chi connectivity index (χ4v) is 4.48. The molecule has 28 heavy (non-hydrogen) atoms. The first-order valence-electron chi connectivity index (χ1n) is 10.1. The highest BCUT2D eigenvalue weighted by Gasteiger charge is 2.33. The zero-order chi connectivity index (χ0) is 19.6. The van der Waals surface area contributed by atoms with Gasteiger partial charge in [0.15, 0.2) is 0 Å². The van der Waals surface area contributed by atoms with E-state index in [4.69, 9.17) is 4.74 Å². The number of nitrogens with zero attached hydrogens (tertiary/aromatic N) is 1. The minimum Gasteiger partial charge on any atom is -0.485 e. The highest BCUT2D eigenvalue weighted by Crippen LogP contribution is 2.39. The molecule has 0 radical (unpaired) electrons. The van der Waals surface area contributed by atoms with Gasteiger partial charge < -0.3 is 9.64 Å². The van der Waals surface area contributed by atoms with Gasteiger partial charge in [0, 0.05) is 12.5 Å². The van der Waals surface area contributed by atoms with Crippen LogP contribution in [-0.4, -0.2) is 24.5 Å². The summed E-state index contributed by atoms with van der Waals surface area (Å²) < 4.78 is 44.9. The van der Waals surface area contributed by atoms with E-state index < -0.39 is 11.7 Å². The Morgan fingerprint density at radius 3 is 2.36 bits per heavy atom. The summed E-state index contributed by atoms with van der Waals surface area (Å²) in [6, 6.07) is 13.4. The Kier molecular flexibility index (Phi) is 5.63. The number of likely N-dealkylation sites (tertiary alicyclic amines) is 1. The summed E-state index contributed by atoms with van der Waals surface area (Å²) in [6.07, 6.45) is 1.41. The minimum atomic E-state index is -4.33. The van der Waals surface area contributed by atoms with Gasteiger partial charge in [0.1, 0.15) is 11.9 Å². The van der Waals surface area contributed by atoms with E-state index in [1.807, 2.05) is 12.1 Å². The molecule has 5 heteroatoms. The zero-order valence-electron chi connectivity index (χ0n) is 15.9. The predicted molar refractivity (Wildman–Crippen MR) is 103 cm³/mol. The van der Waals surface area contributed by atoms with E-state index in [0.29, 0.717) is 11.7 Å². The molecule has 1 aliphatic heterocycles. The number of alkyl halides is 3. The van der Waals surface area contributed by atoms with Crippen LogP contribution in [0.4, 0.5) is 13.2 Å². The van der Waals surface area contributed by atoms with Gasteiger partial charge in [0.25, 0.3) is 0 Å². The summed E-state index contributed by atoms with van der Waals surface area (Å²) in [4.78, 5) is 2.52. The fourth-order valence-electron chi connectivity index (χ4n) is 4.48. The Labute approximate surface area is 164 Å². The summed E-state index contributed by atoms with van der Waals surface area (Å²) in [6.45, 7) is 3.25. The van der Waals surface area contributed by atoms with Gasteiger partial charge in [-0.3, -0.25) is 0 Å². The van der Waals surface area contributed by atoms with Gasteiger partial charge in [-0.25, -0.2) is 0 Å². The topological polar surface area (TPSA) is 12.5 Å². The van der Waals surface area contributed by atoms with Crippen LogP contribution in [0, 0.1) is 5.92 Å². The third-order valence-corrected chi connectivity index (χ3v) is 5.96. The van der Waals surface area contributed by atoms with Gasteiger partial charge >= 0.3 is 6.18 Å². The first-order valence-corrected chi connectivity index (χ1v) is 10.1. The molecule has 2 aliphatic rings. The lowest BCUT2D eigenvalue weighted by atomic mass is 9.80. The summed E-state index contributed by atoms with van der Waals surface area (Å²) in [5.74, 6) is 0.841. The maximum atomic E-state index is 12.9. The normalized spacial score (nSPS) is 23.2. The Bertz CT molecular complexity index is 781. The van der Waals surface area contributed by atoms with Crippen molar-refractivity contribution in [1.82, 2.24) is 4.90 Å². The Balaban J connectivity index is 1.56. The summed E-state index contributed by atoms with van der Waals surface area (Å²) >= 11 is 0. The lowest BCUT2D eigenvalue weighted by Gasteiger charge is -2.38. The van der Waals surface area contributed by atoms with Gasteiger partial charge in [-0.1, -0.05) is 30.7 Å². The molecule has 1 fully saturated rings. The zero-order valence-corrected chi connectivity index (χ0v) is 15.9. The van der Waals surface area contributed by atoms with Crippen molar-refractivity contribution in [1.29, 1.82) is 0 Å². The molecule has 2 nitrogen and oxygen atoms in total.